The van der Waals surface area contributed by atoms with E-state index in [0.29, 0.717) is 24.1 Å². The lowest BCUT2D eigenvalue weighted by Crippen LogP contribution is -2.56. The molecule has 0 spiro atoms. The molecule has 0 saturated heterocycles. The number of urea groups is 1. The maximum atomic E-state index is 13.4. The number of hydrogen-bond donors (Lipinski definition) is 1. The van der Waals surface area contributed by atoms with E-state index in [9.17, 15) is 14.4 Å². The van der Waals surface area contributed by atoms with Crippen molar-refractivity contribution in [3.63, 3.8) is 0 Å². The molecule has 0 aliphatic carbocycles. The summed E-state index contributed by atoms with van der Waals surface area (Å²) in [4.78, 5) is 42.5. The first kappa shape index (κ1) is 20.0. The Balaban J connectivity index is 1.46. The number of amides is 4. The van der Waals surface area contributed by atoms with E-state index in [2.05, 4.69) is 5.32 Å². The van der Waals surface area contributed by atoms with Crippen LogP contribution in [-0.2, 0) is 12.8 Å². The highest BCUT2D eigenvalue weighted by Gasteiger charge is 2.41. The van der Waals surface area contributed by atoms with Crippen molar-refractivity contribution in [3.05, 3.63) is 101 Å². The Hall–Kier alpha value is -3.93. The van der Waals surface area contributed by atoms with Gasteiger partial charge >= 0.3 is 6.03 Å². The van der Waals surface area contributed by atoms with Crippen LogP contribution in [0.15, 0.2) is 78.9 Å². The third kappa shape index (κ3) is 3.54. The van der Waals surface area contributed by atoms with E-state index in [1.54, 1.807) is 29.2 Å². The topological polar surface area (TPSA) is 69.7 Å². The molecule has 0 saturated carbocycles. The molecule has 0 unspecified atom stereocenters. The summed E-state index contributed by atoms with van der Waals surface area (Å²) in [6.07, 6.45) is 1.31. The van der Waals surface area contributed by atoms with Gasteiger partial charge in [0.05, 0.1) is 11.1 Å². The molecule has 3 aromatic carbocycles. The molecule has 2 aliphatic heterocycles. The van der Waals surface area contributed by atoms with Gasteiger partial charge in [-0.3, -0.25) is 19.4 Å². The first-order valence-corrected chi connectivity index (χ1v) is 10.8. The van der Waals surface area contributed by atoms with Gasteiger partial charge in [-0.05, 0) is 42.2 Å². The van der Waals surface area contributed by atoms with Crippen molar-refractivity contribution in [2.45, 2.75) is 25.4 Å². The SMILES string of the molecule is O=C(N[C@@H](Cc1ccccc1)N1C(=O)c2ccccc2C1=O)N1CCCc2ccccc21. The number of hydrogen-bond acceptors (Lipinski definition) is 3. The Morgan fingerprint density at radius 2 is 1.47 bits per heavy atom. The van der Waals surface area contributed by atoms with Crippen LogP contribution >= 0.6 is 0 Å². The van der Waals surface area contributed by atoms with Crippen LogP contribution in [0, 0.1) is 0 Å². The highest BCUT2D eigenvalue weighted by Crippen LogP contribution is 2.28. The molecule has 4 amide bonds. The van der Waals surface area contributed by atoms with Crippen LogP contribution in [0.3, 0.4) is 0 Å². The first-order valence-electron chi connectivity index (χ1n) is 10.8. The van der Waals surface area contributed by atoms with Crippen molar-refractivity contribution in [3.8, 4) is 0 Å². The van der Waals surface area contributed by atoms with Crippen LogP contribution < -0.4 is 10.2 Å². The monoisotopic (exact) mass is 425 g/mol. The van der Waals surface area contributed by atoms with E-state index < -0.39 is 6.17 Å². The fourth-order valence-electron chi connectivity index (χ4n) is 4.50. The zero-order valence-corrected chi connectivity index (χ0v) is 17.5. The highest BCUT2D eigenvalue weighted by atomic mass is 16.2. The minimum atomic E-state index is -0.800. The second-order valence-electron chi connectivity index (χ2n) is 8.06. The molecule has 0 aromatic heterocycles. The molecular formula is C26H23N3O3. The van der Waals surface area contributed by atoms with Gasteiger partial charge < -0.3 is 5.32 Å². The molecule has 1 N–H and O–H groups in total. The second kappa shape index (κ2) is 8.30. The number of imide groups is 1. The van der Waals surface area contributed by atoms with E-state index in [4.69, 9.17) is 0 Å². The van der Waals surface area contributed by atoms with Gasteiger partial charge in [0.2, 0.25) is 0 Å². The number of benzene rings is 3. The molecule has 2 heterocycles. The molecule has 0 fully saturated rings. The third-order valence-corrected chi connectivity index (χ3v) is 6.05. The fraction of sp³-hybridized carbons (Fsp3) is 0.192. The largest absolute Gasteiger partial charge is 0.323 e. The summed E-state index contributed by atoms with van der Waals surface area (Å²) in [5, 5.41) is 2.98. The summed E-state index contributed by atoms with van der Waals surface area (Å²) in [6, 6.07) is 23.9. The molecule has 1 atom stereocenters. The molecule has 3 aromatic rings. The lowest BCUT2D eigenvalue weighted by Gasteiger charge is -2.33. The maximum Gasteiger partial charge on any atom is 0.323 e. The van der Waals surface area contributed by atoms with Crippen LogP contribution in [0.5, 0.6) is 0 Å². The lowest BCUT2D eigenvalue weighted by molar-refractivity contribution is 0.0564. The molecule has 160 valence electrons. The number of nitrogens with one attached hydrogen (secondary N) is 1. The van der Waals surface area contributed by atoms with Gasteiger partial charge in [0.15, 0.2) is 0 Å². The number of carbonyl (C=O) groups excluding carboxylic acids is 3. The average molecular weight is 425 g/mol. The summed E-state index contributed by atoms with van der Waals surface area (Å²) in [6.45, 7) is 0.586. The maximum absolute atomic E-state index is 13.4. The van der Waals surface area contributed by atoms with E-state index in [0.717, 1.165) is 29.7 Å². The Morgan fingerprint density at radius 1 is 0.844 bits per heavy atom. The quantitative estimate of drug-likeness (QED) is 0.642. The summed E-state index contributed by atoms with van der Waals surface area (Å²) in [5.74, 6) is -0.767. The smallest absolute Gasteiger partial charge is 0.316 e. The number of anilines is 1. The third-order valence-electron chi connectivity index (χ3n) is 6.05. The number of nitrogens with zero attached hydrogens (tertiary/aromatic N) is 2. The van der Waals surface area contributed by atoms with Crippen LogP contribution in [-0.4, -0.2) is 35.5 Å². The summed E-state index contributed by atoms with van der Waals surface area (Å²) >= 11 is 0. The standard InChI is InChI=1S/C26H23N3O3/c30-24-20-13-5-6-14-21(20)25(31)29(24)23(17-18-9-2-1-3-10-18)27-26(32)28-16-8-12-19-11-4-7-15-22(19)28/h1-7,9-11,13-15,23H,8,12,16-17H2,(H,27,32)/t23-/m1/s1. The first-order chi connectivity index (χ1) is 15.6. The predicted octanol–water partition coefficient (Wildman–Crippen LogP) is 4.01. The normalized spacial score (nSPS) is 15.9. The number of fused-ring (bicyclic) bond motifs is 2. The minimum absolute atomic E-state index is 0.311. The van der Waals surface area contributed by atoms with Gasteiger partial charge in [-0.25, -0.2) is 4.79 Å². The van der Waals surface area contributed by atoms with Crippen LogP contribution in [0.25, 0.3) is 0 Å². The Bertz CT molecular complexity index is 1160. The van der Waals surface area contributed by atoms with Crippen molar-refractivity contribution in [2.24, 2.45) is 0 Å². The summed E-state index contributed by atoms with van der Waals surface area (Å²) in [7, 11) is 0. The van der Waals surface area contributed by atoms with Crippen molar-refractivity contribution < 1.29 is 14.4 Å². The molecule has 0 radical (unpaired) electrons. The molecule has 6 nitrogen and oxygen atoms in total. The highest BCUT2D eigenvalue weighted by molar-refractivity contribution is 6.21. The molecule has 0 bridgehead atoms. The number of rotatable bonds is 4. The Labute approximate surface area is 186 Å². The Morgan fingerprint density at radius 3 is 2.19 bits per heavy atom. The number of para-hydroxylation sites is 1. The van der Waals surface area contributed by atoms with E-state index in [1.807, 2.05) is 54.6 Å². The Kier molecular flexibility index (Phi) is 5.19. The van der Waals surface area contributed by atoms with Crippen LogP contribution in [0.2, 0.25) is 0 Å². The number of aryl methyl sites for hydroxylation is 1. The summed E-state index contributed by atoms with van der Waals surface area (Å²) in [5.41, 5.74) is 3.65. The van der Waals surface area contributed by atoms with E-state index in [1.165, 1.54) is 4.90 Å². The second-order valence-corrected chi connectivity index (χ2v) is 8.06. The number of carbonyl (C=O) groups is 3. The van der Waals surface area contributed by atoms with E-state index >= 15 is 0 Å². The molecule has 5 rings (SSSR count). The van der Waals surface area contributed by atoms with Gasteiger partial charge in [0.1, 0.15) is 6.17 Å². The van der Waals surface area contributed by atoms with Gasteiger partial charge in [0, 0.05) is 18.7 Å². The zero-order chi connectivity index (χ0) is 22.1. The molecule has 2 aliphatic rings. The van der Waals surface area contributed by atoms with Crippen LogP contribution in [0.4, 0.5) is 10.5 Å². The van der Waals surface area contributed by atoms with Crippen molar-refractivity contribution in [1.82, 2.24) is 10.2 Å². The van der Waals surface area contributed by atoms with E-state index in [-0.39, 0.29) is 17.8 Å². The fourth-order valence-corrected chi connectivity index (χ4v) is 4.50. The van der Waals surface area contributed by atoms with Crippen molar-refractivity contribution in [2.75, 3.05) is 11.4 Å². The van der Waals surface area contributed by atoms with Crippen molar-refractivity contribution in [1.29, 1.82) is 0 Å². The average Bonchev–Trinajstić information content (AvgIpc) is 3.09. The predicted molar refractivity (Wildman–Crippen MR) is 122 cm³/mol. The van der Waals surface area contributed by atoms with Gasteiger partial charge in [0.25, 0.3) is 11.8 Å². The van der Waals surface area contributed by atoms with Crippen molar-refractivity contribution >= 4 is 23.5 Å². The van der Waals surface area contributed by atoms with Gasteiger partial charge in [-0.1, -0.05) is 60.7 Å². The molecule has 32 heavy (non-hydrogen) atoms. The van der Waals surface area contributed by atoms with Gasteiger partial charge in [-0.2, -0.15) is 0 Å². The molecular weight excluding hydrogens is 402 g/mol. The van der Waals surface area contributed by atoms with Crippen LogP contribution in [0.1, 0.15) is 38.3 Å². The zero-order valence-electron chi connectivity index (χ0n) is 17.5. The lowest BCUT2D eigenvalue weighted by atomic mass is 10.0. The molecule has 6 heteroatoms. The summed E-state index contributed by atoms with van der Waals surface area (Å²) < 4.78 is 0. The van der Waals surface area contributed by atoms with Gasteiger partial charge in [-0.15, -0.1) is 0 Å². The minimum Gasteiger partial charge on any atom is -0.316 e.